The Morgan fingerprint density at radius 1 is 0.970 bits per heavy atom. The highest BCUT2D eigenvalue weighted by molar-refractivity contribution is 6.09. The van der Waals surface area contributed by atoms with Crippen LogP contribution in [0.5, 0.6) is 5.75 Å². The van der Waals surface area contributed by atoms with Gasteiger partial charge in [-0.2, -0.15) is 0 Å². The lowest BCUT2D eigenvalue weighted by Gasteiger charge is -2.23. The van der Waals surface area contributed by atoms with E-state index in [1.54, 1.807) is 12.1 Å². The summed E-state index contributed by atoms with van der Waals surface area (Å²) in [5.41, 5.74) is -0.214. The van der Waals surface area contributed by atoms with Gasteiger partial charge in [0.1, 0.15) is 23.7 Å². The number of esters is 1. The molecule has 5 nitrogen and oxygen atoms in total. The summed E-state index contributed by atoms with van der Waals surface area (Å²) in [6, 6.07) is 13.5. The van der Waals surface area contributed by atoms with Crippen molar-refractivity contribution in [2.75, 3.05) is 18.6 Å². The molecule has 1 amide bonds. The molecular formula is C25H20F3NO4. The van der Waals surface area contributed by atoms with Crippen molar-refractivity contribution in [1.82, 2.24) is 0 Å². The first-order chi connectivity index (χ1) is 15.7. The molecule has 0 radical (unpaired) electrons. The lowest BCUT2D eigenvalue weighted by Crippen LogP contribution is -2.37. The Morgan fingerprint density at radius 2 is 1.61 bits per heavy atom. The van der Waals surface area contributed by atoms with Crippen LogP contribution in [0.25, 0.3) is 11.1 Å². The van der Waals surface area contributed by atoms with Crippen LogP contribution in [0.1, 0.15) is 17.3 Å². The fourth-order valence-corrected chi connectivity index (χ4v) is 3.21. The van der Waals surface area contributed by atoms with Crippen LogP contribution in [0.3, 0.4) is 0 Å². The maximum absolute atomic E-state index is 14.8. The fraction of sp³-hybridized carbons (Fsp3) is 0.120. The average molecular weight is 455 g/mol. The second kappa shape index (κ2) is 10.0. The molecular weight excluding hydrogens is 435 g/mol. The number of anilines is 1. The molecule has 0 aliphatic heterocycles. The first-order valence-corrected chi connectivity index (χ1v) is 9.78. The molecule has 0 aliphatic carbocycles. The molecule has 3 aromatic rings. The van der Waals surface area contributed by atoms with Gasteiger partial charge in [-0.05, 0) is 42.8 Å². The van der Waals surface area contributed by atoms with Crippen molar-refractivity contribution in [3.05, 3.63) is 96.0 Å². The molecule has 33 heavy (non-hydrogen) atoms. The lowest BCUT2D eigenvalue weighted by atomic mass is 10.0. The molecule has 0 bridgehead atoms. The van der Waals surface area contributed by atoms with Gasteiger partial charge in [-0.15, -0.1) is 0 Å². The van der Waals surface area contributed by atoms with Gasteiger partial charge >= 0.3 is 5.97 Å². The number of ether oxygens (including phenoxy) is 2. The molecule has 0 saturated carbocycles. The molecule has 0 fully saturated rings. The molecule has 3 aromatic carbocycles. The number of rotatable bonds is 7. The fourth-order valence-electron chi connectivity index (χ4n) is 3.21. The highest BCUT2D eigenvalue weighted by Crippen LogP contribution is 2.32. The van der Waals surface area contributed by atoms with Crippen LogP contribution in [0, 0.1) is 17.5 Å². The van der Waals surface area contributed by atoms with E-state index in [1.807, 2.05) is 0 Å². The summed E-state index contributed by atoms with van der Waals surface area (Å²) in [6.07, 6.45) is 0. The third-order valence-corrected chi connectivity index (χ3v) is 4.65. The largest absolute Gasteiger partial charge is 0.494 e. The number of amides is 1. The molecule has 170 valence electrons. The van der Waals surface area contributed by atoms with Gasteiger partial charge in [0.25, 0.3) is 5.91 Å². The van der Waals surface area contributed by atoms with Gasteiger partial charge in [-0.3, -0.25) is 9.69 Å². The molecule has 0 saturated heterocycles. The van der Waals surface area contributed by atoms with Gasteiger partial charge in [-0.25, -0.2) is 18.0 Å². The summed E-state index contributed by atoms with van der Waals surface area (Å²) in [6.45, 7) is 4.24. The van der Waals surface area contributed by atoms with Gasteiger partial charge in [0, 0.05) is 11.3 Å². The van der Waals surface area contributed by atoms with Crippen LogP contribution in [-0.4, -0.2) is 25.5 Å². The van der Waals surface area contributed by atoms with E-state index >= 15 is 0 Å². The predicted octanol–water partition coefficient (Wildman–Crippen LogP) is 5.50. The minimum Gasteiger partial charge on any atom is -0.494 e. The monoisotopic (exact) mass is 455 g/mol. The van der Waals surface area contributed by atoms with E-state index in [9.17, 15) is 22.8 Å². The molecule has 0 atom stereocenters. The zero-order valence-electron chi connectivity index (χ0n) is 17.9. The summed E-state index contributed by atoms with van der Waals surface area (Å²) in [5, 5.41) is 0. The Bertz CT molecular complexity index is 1210. The third kappa shape index (κ3) is 5.23. The van der Waals surface area contributed by atoms with E-state index in [0.29, 0.717) is 5.56 Å². The van der Waals surface area contributed by atoms with Gasteiger partial charge in [0.2, 0.25) is 0 Å². The van der Waals surface area contributed by atoms with Crippen LogP contribution >= 0.6 is 0 Å². The first kappa shape index (κ1) is 23.6. The molecule has 0 heterocycles. The second-order valence-corrected chi connectivity index (χ2v) is 7.04. The quantitative estimate of drug-likeness (QED) is 0.349. The van der Waals surface area contributed by atoms with Crippen LogP contribution in [0.15, 0.2) is 73.0 Å². The van der Waals surface area contributed by atoms with Crippen molar-refractivity contribution in [3.8, 4) is 16.9 Å². The zero-order valence-corrected chi connectivity index (χ0v) is 17.9. The van der Waals surface area contributed by atoms with E-state index in [1.165, 1.54) is 44.4 Å². The van der Waals surface area contributed by atoms with Crippen LogP contribution in [0.4, 0.5) is 18.9 Å². The van der Waals surface area contributed by atoms with Crippen LogP contribution < -0.4 is 9.64 Å². The highest BCUT2D eigenvalue weighted by Gasteiger charge is 2.27. The van der Waals surface area contributed by atoms with Crippen LogP contribution in [-0.2, 0) is 9.53 Å². The summed E-state index contributed by atoms with van der Waals surface area (Å²) < 4.78 is 53.4. The summed E-state index contributed by atoms with van der Waals surface area (Å²) in [5.74, 6) is -4.68. The van der Waals surface area contributed by atoms with Crippen molar-refractivity contribution in [2.24, 2.45) is 0 Å². The smallest absolute Gasteiger partial charge is 0.331 e. The number of halogens is 3. The van der Waals surface area contributed by atoms with Gasteiger partial charge in [0.05, 0.1) is 12.9 Å². The molecule has 0 N–H and O–H groups in total. The molecule has 0 unspecified atom stereocenters. The summed E-state index contributed by atoms with van der Waals surface area (Å²) in [7, 11) is 1.33. The minimum absolute atomic E-state index is 0.0179. The molecule has 8 heteroatoms. The highest BCUT2D eigenvalue weighted by atomic mass is 19.1. The first-order valence-electron chi connectivity index (χ1n) is 9.78. The number of methoxy groups -OCH3 is 1. The number of carbonyl (C=O) groups is 2. The number of hydrogen-bond donors (Lipinski definition) is 0. The topological polar surface area (TPSA) is 55.8 Å². The molecule has 0 aliphatic rings. The van der Waals surface area contributed by atoms with E-state index in [4.69, 9.17) is 9.47 Å². The standard InChI is InChI=1S/C25H20F3NO4/c1-15(2)33-22(30)14-29(25(31)23-19(26)10-6-11-20(23)27)17-8-4-7-16(13-17)18-9-5-12-21(32-3)24(18)28/h4-13H,1,14H2,2-3H3. The summed E-state index contributed by atoms with van der Waals surface area (Å²) >= 11 is 0. The predicted molar refractivity (Wildman–Crippen MR) is 117 cm³/mol. The normalized spacial score (nSPS) is 10.5. The SMILES string of the molecule is C=C(C)OC(=O)CN(C(=O)c1c(F)cccc1F)c1cccc(-c2cccc(OC)c2F)c1. The van der Waals surface area contributed by atoms with Gasteiger partial charge in [-0.1, -0.05) is 36.9 Å². The number of allylic oxidation sites excluding steroid dienone is 1. The molecule has 3 rings (SSSR count). The maximum Gasteiger partial charge on any atom is 0.331 e. The second-order valence-electron chi connectivity index (χ2n) is 7.04. The Morgan fingerprint density at radius 3 is 2.24 bits per heavy atom. The Labute approximate surface area is 188 Å². The zero-order chi connectivity index (χ0) is 24.1. The Balaban J connectivity index is 2.10. The van der Waals surface area contributed by atoms with Crippen molar-refractivity contribution >= 4 is 17.6 Å². The van der Waals surface area contributed by atoms with Crippen LogP contribution in [0.2, 0.25) is 0 Å². The van der Waals surface area contributed by atoms with Crippen molar-refractivity contribution < 1.29 is 32.2 Å². The van der Waals surface area contributed by atoms with E-state index < -0.39 is 41.4 Å². The molecule has 0 spiro atoms. The molecule has 0 aromatic heterocycles. The van der Waals surface area contributed by atoms with Crippen molar-refractivity contribution in [3.63, 3.8) is 0 Å². The maximum atomic E-state index is 14.8. The minimum atomic E-state index is -1.10. The lowest BCUT2D eigenvalue weighted by molar-refractivity contribution is -0.137. The van der Waals surface area contributed by atoms with Crippen molar-refractivity contribution in [1.29, 1.82) is 0 Å². The average Bonchev–Trinajstić information content (AvgIpc) is 2.77. The Hall–Kier alpha value is -4.07. The van der Waals surface area contributed by atoms with Crippen molar-refractivity contribution in [2.45, 2.75) is 6.92 Å². The number of benzene rings is 3. The number of nitrogens with zero attached hydrogens (tertiary/aromatic N) is 1. The Kier molecular flexibility index (Phi) is 7.17. The van der Waals surface area contributed by atoms with Gasteiger partial charge in [0.15, 0.2) is 11.6 Å². The number of carbonyl (C=O) groups excluding carboxylic acids is 2. The van der Waals surface area contributed by atoms with E-state index in [0.717, 1.165) is 23.1 Å². The van der Waals surface area contributed by atoms with Gasteiger partial charge < -0.3 is 9.47 Å². The van der Waals surface area contributed by atoms with E-state index in [-0.39, 0.29) is 22.8 Å². The number of hydrogen-bond acceptors (Lipinski definition) is 4. The third-order valence-electron chi connectivity index (χ3n) is 4.65. The summed E-state index contributed by atoms with van der Waals surface area (Å²) in [4.78, 5) is 26.3. The van der Waals surface area contributed by atoms with E-state index in [2.05, 4.69) is 6.58 Å².